The van der Waals surface area contributed by atoms with E-state index in [1.54, 1.807) is 12.1 Å². The molecular formula is C12H7F2NO3S. The zero-order valence-electron chi connectivity index (χ0n) is 9.41. The van der Waals surface area contributed by atoms with Crippen molar-refractivity contribution in [3.8, 4) is 11.5 Å². The Labute approximate surface area is 109 Å². The highest BCUT2D eigenvalue weighted by Gasteiger charge is 2.43. The van der Waals surface area contributed by atoms with Gasteiger partial charge in [-0.3, -0.25) is 4.79 Å². The van der Waals surface area contributed by atoms with Crippen molar-refractivity contribution >= 4 is 24.0 Å². The summed E-state index contributed by atoms with van der Waals surface area (Å²) in [5.41, 5.74) is 0.611. The fraction of sp³-hybridized carbons (Fsp3) is 0.0833. The first-order chi connectivity index (χ1) is 8.93. The highest BCUT2D eigenvalue weighted by Crippen LogP contribution is 2.41. The molecule has 98 valence electrons. The molecule has 0 bridgehead atoms. The summed E-state index contributed by atoms with van der Waals surface area (Å²) in [5, 5.41) is 0.484. The zero-order valence-corrected chi connectivity index (χ0v) is 10.2. The summed E-state index contributed by atoms with van der Waals surface area (Å²) in [5.74, 6) is -0.0495. The number of hydrogen-bond donors (Lipinski definition) is 1. The second-order valence-corrected chi connectivity index (χ2v) is 4.89. The van der Waals surface area contributed by atoms with E-state index in [4.69, 9.17) is 0 Å². The molecule has 1 aromatic heterocycles. The maximum absolute atomic E-state index is 12.9. The number of ether oxygens (including phenoxy) is 2. The number of rotatable bonds is 1. The van der Waals surface area contributed by atoms with E-state index >= 15 is 0 Å². The molecule has 0 spiro atoms. The predicted molar refractivity (Wildman–Crippen MR) is 65.9 cm³/mol. The van der Waals surface area contributed by atoms with E-state index in [0.29, 0.717) is 15.4 Å². The van der Waals surface area contributed by atoms with E-state index in [-0.39, 0.29) is 16.4 Å². The molecule has 19 heavy (non-hydrogen) atoms. The summed E-state index contributed by atoms with van der Waals surface area (Å²) in [6.07, 6.45) is -1.97. The first kappa shape index (κ1) is 11.9. The van der Waals surface area contributed by atoms with E-state index in [2.05, 4.69) is 21.0 Å². The number of thiazole rings is 1. The topological polar surface area (TPSA) is 51.3 Å². The van der Waals surface area contributed by atoms with Gasteiger partial charge in [-0.05, 0) is 23.8 Å². The molecule has 0 amide bonds. The van der Waals surface area contributed by atoms with Crippen molar-refractivity contribution < 1.29 is 18.3 Å². The molecule has 7 heteroatoms. The smallest absolute Gasteiger partial charge is 0.395 e. The van der Waals surface area contributed by atoms with Gasteiger partial charge in [0, 0.05) is 0 Å². The number of fused-ring (bicyclic) bond motifs is 1. The van der Waals surface area contributed by atoms with Gasteiger partial charge in [-0.1, -0.05) is 24.0 Å². The number of aromatic nitrogens is 1. The maximum Gasteiger partial charge on any atom is 0.586 e. The fourth-order valence-corrected chi connectivity index (χ4v) is 2.44. The highest BCUT2D eigenvalue weighted by atomic mass is 32.1. The van der Waals surface area contributed by atoms with Crippen molar-refractivity contribution in [2.75, 3.05) is 0 Å². The van der Waals surface area contributed by atoms with Crippen LogP contribution in [0.15, 0.2) is 23.0 Å². The standard InChI is InChI=1S/C12H7F2NO3S/c1-6-10(19-11(16)15-6)5-7-2-3-8-9(4-7)18-12(13,14)17-8/h2-5H,1H2,(H,15,16)/b10-5-. The lowest BCUT2D eigenvalue weighted by Crippen LogP contribution is -2.25. The Morgan fingerprint density at radius 3 is 2.74 bits per heavy atom. The van der Waals surface area contributed by atoms with Crippen molar-refractivity contribution in [2.24, 2.45) is 0 Å². The summed E-state index contributed by atoms with van der Waals surface area (Å²) >= 11 is 0.993. The van der Waals surface area contributed by atoms with Crippen LogP contribution in [0.5, 0.6) is 11.5 Å². The van der Waals surface area contributed by atoms with Gasteiger partial charge in [0.25, 0.3) is 0 Å². The van der Waals surface area contributed by atoms with E-state index in [9.17, 15) is 13.6 Å². The Bertz CT molecular complexity index is 809. The average Bonchev–Trinajstić information content (AvgIpc) is 2.76. The lowest BCUT2D eigenvalue weighted by atomic mass is 10.2. The molecule has 0 radical (unpaired) electrons. The van der Waals surface area contributed by atoms with Crippen LogP contribution in [0, 0.1) is 0 Å². The van der Waals surface area contributed by atoms with Crippen molar-refractivity contribution in [1.82, 2.24) is 4.98 Å². The highest BCUT2D eigenvalue weighted by molar-refractivity contribution is 7.07. The van der Waals surface area contributed by atoms with Crippen LogP contribution in [-0.4, -0.2) is 11.3 Å². The van der Waals surface area contributed by atoms with Crippen molar-refractivity contribution in [3.63, 3.8) is 0 Å². The van der Waals surface area contributed by atoms with Gasteiger partial charge < -0.3 is 14.5 Å². The van der Waals surface area contributed by atoms with Gasteiger partial charge in [-0.25, -0.2) is 0 Å². The lowest BCUT2D eigenvalue weighted by Gasteiger charge is -2.04. The van der Waals surface area contributed by atoms with Gasteiger partial charge in [0.05, 0.1) is 9.88 Å². The Morgan fingerprint density at radius 1 is 1.32 bits per heavy atom. The van der Waals surface area contributed by atoms with Crippen LogP contribution in [0.2, 0.25) is 0 Å². The molecule has 0 fully saturated rings. The molecule has 2 heterocycles. The summed E-state index contributed by atoms with van der Waals surface area (Å²) in [6, 6.07) is 4.40. The molecule has 1 aliphatic rings. The second-order valence-electron chi connectivity index (χ2n) is 3.88. The summed E-state index contributed by atoms with van der Waals surface area (Å²) in [6.45, 7) is 3.68. The third-order valence-electron chi connectivity index (χ3n) is 2.48. The van der Waals surface area contributed by atoms with Crippen LogP contribution in [0.25, 0.3) is 12.7 Å². The normalized spacial score (nSPS) is 16.8. The number of H-pyrrole nitrogens is 1. The quantitative estimate of drug-likeness (QED) is 0.849. The molecule has 0 saturated carbocycles. The Morgan fingerprint density at radius 2 is 2.05 bits per heavy atom. The van der Waals surface area contributed by atoms with Gasteiger partial charge >= 0.3 is 11.2 Å². The van der Waals surface area contributed by atoms with Crippen molar-refractivity contribution in [2.45, 2.75) is 6.29 Å². The minimum absolute atomic E-state index is 0.0146. The molecule has 0 unspecified atom stereocenters. The van der Waals surface area contributed by atoms with Gasteiger partial charge in [0.2, 0.25) is 0 Å². The average molecular weight is 283 g/mol. The zero-order chi connectivity index (χ0) is 13.6. The van der Waals surface area contributed by atoms with Crippen LogP contribution < -0.4 is 24.2 Å². The molecule has 0 saturated heterocycles. The molecule has 1 aliphatic heterocycles. The number of aromatic amines is 1. The minimum Gasteiger partial charge on any atom is -0.395 e. The molecule has 4 nitrogen and oxygen atoms in total. The van der Waals surface area contributed by atoms with Crippen LogP contribution in [0.4, 0.5) is 8.78 Å². The summed E-state index contributed by atoms with van der Waals surface area (Å²) < 4.78 is 35.0. The molecular weight excluding hydrogens is 276 g/mol. The Balaban J connectivity index is 2.06. The molecule has 1 N–H and O–H groups in total. The van der Waals surface area contributed by atoms with Crippen LogP contribution in [0.1, 0.15) is 5.56 Å². The van der Waals surface area contributed by atoms with E-state index < -0.39 is 6.29 Å². The van der Waals surface area contributed by atoms with E-state index in [1.807, 2.05) is 0 Å². The number of nitrogens with one attached hydrogen (secondary N) is 1. The SMILES string of the molecule is C=c1[nH]c(=O)s/c1=C\c1ccc2c(c1)OC(F)(F)O2. The van der Waals surface area contributed by atoms with Gasteiger partial charge in [-0.15, -0.1) is 8.78 Å². The summed E-state index contributed by atoms with van der Waals surface area (Å²) in [7, 11) is 0. The molecule has 0 atom stereocenters. The first-order valence-corrected chi connectivity index (χ1v) is 6.04. The second kappa shape index (κ2) is 3.92. The molecule has 2 aromatic rings. The van der Waals surface area contributed by atoms with E-state index in [1.165, 1.54) is 12.1 Å². The monoisotopic (exact) mass is 283 g/mol. The predicted octanol–water partition coefficient (Wildman–Crippen LogP) is 0.997. The largest absolute Gasteiger partial charge is 0.586 e. The molecule has 3 rings (SSSR count). The van der Waals surface area contributed by atoms with Crippen LogP contribution in [0.3, 0.4) is 0 Å². The number of hydrogen-bond acceptors (Lipinski definition) is 4. The van der Waals surface area contributed by atoms with E-state index in [0.717, 1.165) is 11.3 Å². The summed E-state index contributed by atoms with van der Waals surface area (Å²) in [4.78, 5) is 13.5. The lowest BCUT2D eigenvalue weighted by molar-refractivity contribution is -0.286. The van der Waals surface area contributed by atoms with Crippen LogP contribution >= 0.6 is 11.3 Å². The van der Waals surface area contributed by atoms with Crippen LogP contribution in [-0.2, 0) is 0 Å². The minimum atomic E-state index is -3.63. The van der Waals surface area contributed by atoms with Crippen molar-refractivity contribution in [1.29, 1.82) is 0 Å². The van der Waals surface area contributed by atoms with Crippen molar-refractivity contribution in [3.05, 3.63) is 43.3 Å². The fourth-order valence-electron chi connectivity index (χ4n) is 1.70. The third-order valence-corrected chi connectivity index (χ3v) is 3.35. The molecule has 0 aliphatic carbocycles. The Hall–Kier alpha value is -2.15. The van der Waals surface area contributed by atoms with Gasteiger partial charge in [0.15, 0.2) is 11.5 Å². The number of alkyl halides is 2. The van der Waals surface area contributed by atoms with Gasteiger partial charge in [-0.2, -0.15) is 0 Å². The Kier molecular flexibility index (Phi) is 2.46. The maximum atomic E-state index is 12.9. The first-order valence-electron chi connectivity index (χ1n) is 5.23. The third kappa shape index (κ3) is 2.24. The number of halogens is 2. The number of benzene rings is 1. The molecule has 1 aromatic carbocycles. The van der Waals surface area contributed by atoms with Gasteiger partial charge in [0.1, 0.15) is 0 Å².